The second-order valence-electron chi connectivity index (χ2n) is 6.11. The van der Waals surface area contributed by atoms with Crippen molar-refractivity contribution in [3.8, 4) is 0 Å². The predicted molar refractivity (Wildman–Crippen MR) is 84.2 cm³/mol. The summed E-state index contributed by atoms with van der Waals surface area (Å²) in [5, 5.41) is 5.44. The van der Waals surface area contributed by atoms with Gasteiger partial charge in [-0.05, 0) is 25.3 Å². The molecule has 0 aromatic heterocycles. The Hall–Kier alpha value is -2.17. The fraction of sp³-hybridized carbons (Fsp3) is 0.471. The lowest BCUT2D eigenvalue weighted by atomic mass is 10.1. The SMILES string of the molecule is Cc1ccc(CN(C(=O)C2=NN(C)C(=O)CC2)C2CC2)cc1. The van der Waals surface area contributed by atoms with Crippen molar-refractivity contribution in [3.05, 3.63) is 35.4 Å². The molecule has 2 aliphatic rings. The molecule has 1 aromatic rings. The van der Waals surface area contributed by atoms with E-state index in [0.29, 0.717) is 31.1 Å². The predicted octanol–water partition coefficient (Wildman–Crippen LogP) is 2.09. The highest BCUT2D eigenvalue weighted by Crippen LogP contribution is 2.29. The summed E-state index contributed by atoms with van der Waals surface area (Å²) in [5.74, 6) is -0.0597. The number of carbonyl (C=O) groups excluding carboxylic acids is 2. The van der Waals surface area contributed by atoms with Gasteiger partial charge in [0.05, 0.1) is 0 Å². The highest BCUT2D eigenvalue weighted by molar-refractivity contribution is 6.39. The second-order valence-corrected chi connectivity index (χ2v) is 6.11. The first-order valence-electron chi connectivity index (χ1n) is 7.75. The Bertz CT molecular complexity index is 617. The summed E-state index contributed by atoms with van der Waals surface area (Å²) in [7, 11) is 1.61. The van der Waals surface area contributed by atoms with Crippen LogP contribution in [0.25, 0.3) is 0 Å². The van der Waals surface area contributed by atoms with Crippen LogP contribution in [0.4, 0.5) is 0 Å². The molecule has 1 saturated carbocycles. The van der Waals surface area contributed by atoms with Gasteiger partial charge in [0.25, 0.3) is 5.91 Å². The van der Waals surface area contributed by atoms with Gasteiger partial charge in [-0.3, -0.25) is 9.59 Å². The number of carbonyl (C=O) groups is 2. The molecule has 3 rings (SSSR count). The van der Waals surface area contributed by atoms with Crippen molar-refractivity contribution >= 4 is 17.5 Å². The number of benzene rings is 1. The molecular formula is C17H21N3O2. The topological polar surface area (TPSA) is 53.0 Å². The average molecular weight is 299 g/mol. The molecule has 0 radical (unpaired) electrons. The molecule has 0 N–H and O–H groups in total. The van der Waals surface area contributed by atoms with Gasteiger partial charge in [0.15, 0.2) is 0 Å². The molecule has 0 unspecified atom stereocenters. The van der Waals surface area contributed by atoms with E-state index in [-0.39, 0.29) is 11.8 Å². The maximum Gasteiger partial charge on any atom is 0.270 e. The van der Waals surface area contributed by atoms with Crippen molar-refractivity contribution in [3.63, 3.8) is 0 Å². The van der Waals surface area contributed by atoms with Gasteiger partial charge in [-0.15, -0.1) is 0 Å². The number of aryl methyl sites for hydroxylation is 1. The monoisotopic (exact) mass is 299 g/mol. The minimum absolute atomic E-state index is 0.0255. The molecule has 5 heteroatoms. The Balaban J connectivity index is 1.76. The maximum atomic E-state index is 12.8. The van der Waals surface area contributed by atoms with Crippen molar-refractivity contribution in [2.45, 2.75) is 45.2 Å². The van der Waals surface area contributed by atoms with Gasteiger partial charge in [-0.25, -0.2) is 5.01 Å². The Kier molecular flexibility index (Phi) is 3.96. The molecule has 0 saturated heterocycles. The first-order valence-corrected chi connectivity index (χ1v) is 7.75. The van der Waals surface area contributed by atoms with Crippen molar-refractivity contribution in [2.75, 3.05) is 7.05 Å². The quantitative estimate of drug-likeness (QED) is 0.855. The van der Waals surface area contributed by atoms with E-state index in [1.54, 1.807) is 7.05 Å². The Morgan fingerprint density at radius 3 is 2.55 bits per heavy atom. The third-order valence-electron chi connectivity index (χ3n) is 4.18. The van der Waals surface area contributed by atoms with Crippen molar-refractivity contribution in [1.82, 2.24) is 9.91 Å². The lowest BCUT2D eigenvalue weighted by Crippen LogP contribution is -2.41. The Labute approximate surface area is 130 Å². The zero-order chi connectivity index (χ0) is 15.7. The van der Waals surface area contributed by atoms with Gasteiger partial charge in [0.2, 0.25) is 5.91 Å². The summed E-state index contributed by atoms with van der Waals surface area (Å²) in [5.41, 5.74) is 2.85. The van der Waals surface area contributed by atoms with E-state index >= 15 is 0 Å². The van der Waals surface area contributed by atoms with Crippen LogP contribution in [0.2, 0.25) is 0 Å². The summed E-state index contributed by atoms with van der Waals surface area (Å²) < 4.78 is 0. The molecule has 1 aliphatic heterocycles. The summed E-state index contributed by atoms with van der Waals surface area (Å²) in [6, 6.07) is 8.58. The van der Waals surface area contributed by atoms with Gasteiger partial charge in [-0.1, -0.05) is 29.8 Å². The Morgan fingerprint density at radius 2 is 1.95 bits per heavy atom. The normalized spacial score (nSPS) is 18.2. The molecular weight excluding hydrogens is 278 g/mol. The number of hydrazone groups is 1. The zero-order valence-electron chi connectivity index (χ0n) is 13.1. The molecule has 116 valence electrons. The summed E-state index contributed by atoms with van der Waals surface area (Å²) in [6.07, 6.45) is 2.92. The van der Waals surface area contributed by atoms with Gasteiger partial charge in [-0.2, -0.15) is 5.10 Å². The van der Waals surface area contributed by atoms with E-state index in [1.165, 1.54) is 10.6 Å². The summed E-state index contributed by atoms with van der Waals surface area (Å²) >= 11 is 0. The smallest absolute Gasteiger partial charge is 0.270 e. The van der Waals surface area contributed by atoms with Crippen LogP contribution in [-0.2, 0) is 16.1 Å². The van der Waals surface area contributed by atoms with E-state index in [0.717, 1.165) is 18.4 Å². The van der Waals surface area contributed by atoms with Gasteiger partial charge < -0.3 is 4.90 Å². The van der Waals surface area contributed by atoms with Crippen LogP contribution in [0.5, 0.6) is 0 Å². The number of amides is 2. The molecule has 2 amide bonds. The van der Waals surface area contributed by atoms with E-state index < -0.39 is 0 Å². The van der Waals surface area contributed by atoms with Crippen molar-refractivity contribution in [1.29, 1.82) is 0 Å². The van der Waals surface area contributed by atoms with Crippen LogP contribution in [0.1, 0.15) is 36.8 Å². The molecule has 0 spiro atoms. The minimum Gasteiger partial charge on any atom is -0.330 e. The van der Waals surface area contributed by atoms with Crippen LogP contribution in [0.15, 0.2) is 29.4 Å². The fourth-order valence-corrected chi connectivity index (χ4v) is 2.63. The van der Waals surface area contributed by atoms with Crippen LogP contribution in [0.3, 0.4) is 0 Å². The van der Waals surface area contributed by atoms with Crippen LogP contribution in [0, 0.1) is 6.92 Å². The Morgan fingerprint density at radius 1 is 1.27 bits per heavy atom. The fourth-order valence-electron chi connectivity index (χ4n) is 2.63. The van der Waals surface area contributed by atoms with Crippen LogP contribution < -0.4 is 0 Å². The van der Waals surface area contributed by atoms with Crippen molar-refractivity contribution < 1.29 is 9.59 Å². The molecule has 5 nitrogen and oxygen atoms in total. The number of rotatable bonds is 4. The average Bonchev–Trinajstić information content (AvgIpc) is 3.33. The van der Waals surface area contributed by atoms with Crippen LogP contribution in [-0.4, -0.2) is 40.5 Å². The van der Waals surface area contributed by atoms with Crippen LogP contribution >= 0.6 is 0 Å². The largest absolute Gasteiger partial charge is 0.330 e. The summed E-state index contributed by atoms with van der Waals surface area (Å²) in [4.78, 5) is 26.2. The molecule has 0 bridgehead atoms. The number of hydrogen-bond acceptors (Lipinski definition) is 3. The minimum atomic E-state index is -0.0342. The van der Waals surface area contributed by atoms with E-state index in [1.807, 2.05) is 4.90 Å². The van der Waals surface area contributed by atoms with E-state index in [4.69, 9.17) is 0 Å². The lowest BCUT2D eigenvalue weighted by molar-refractivity contribution is -0.130. The molecule has 0 atom stereocenters. The second kappa shape index (κ2) is 5.91. The molecule has 1 heterocycles. The molecule has 1 aliphatic carbocycles. The zero-order valence-corrected chi connectivity index (χ0v) is 13.1. The summed E-state index contributed by atoms with van der Waals surface area (Å²) in [6.45, 7) is 2.66. The lowest BCUT2D eigenvalue weighted by Gasteiger charge is -2.26. The highest BCUT2D eigenvalue weighted by Gasteiger charge is 2.35. The molecule has 1 fully saturated rings. The molecule has 1 aromatic carbocycles. The van der Waals surface area contributed by atoms with Gasteiger partial charge >= 0.3 is 0 Å². The van der Waals surface area contributed by atoms with E-state index in [9.17, 15) is 9.59 Å². The first kappa shape index (κ1) is 14.8. The standard InChI is InChI=1S/C17H21N3O2/c1-12-3-5-13(6-4-12)11-20(14-7-8-14)17(22)15-9-10-16(21)19(2)18-15/h3-6,14H,7-11H2,1-2H3. The number of hydrogen-bond donors (Lipinski definition) is 0. The van der Waals surface area contributed by atoms with Gasteiger partial charge in [0, 0.05) is 32.5 Å². The highest BCUT2D eigenvalue weighted by atomic mass is 16.2. The number of nitrogens with zero attached hydrogens (tertiary/aromatic N) is 3. The van der Waals surface area contributed by atoms with Gasteiger partial charge in [0.1, 0.15) is 5.71 Å². The maximum absolute atomic E-state index is 12.8. The third kappa shape index (κ3) is 3.18. The first-order chi connectivity index (χ1) is 10.5. The molecule has 22 heavy (non-hydrogen) atoms. The van der Waals surface area contributed by atoms with E-state index in [2.05, 4.69) is 36.3 Å². The third-order valence-corrected chi connectivity index (χ3v) is 4.18. The van der Waals surface area contributed by atoms with Crippen molar-refractivity contribution in [2.24, 2.45) is 5.10 Å².